The first-order valence-electron chi connectivity index (χ1n) is 9.42. The number of carbonyl (C=O) groups excluding carboxylic acids is 1. The first-order valence-corrected chi connectivity index (χ1v) is 9.42. The lowest BCUT2D eigenvalue weighted by molar-refractivity contribution is -0.384. The summed E-state index contributed by atoms with van der Waals surface area (Å²) in [5, 5.41) is 31.1. The largest absolute Gasteiger partial charge is 0.480 e. The van der Waals surface area contributed by atoms with E-state index in [1.54, 1.807) is 17.0 Å². The highest BCUT2D eigenvalue weighted by atomic mass is 16.6. The highest BCUT2D eigenvalue weighted by Crippen LogP contribution is 2.25. The van der Waals surface area contributed by atoms with E-state index < -0.39 is 34.9 Å². The van der Waals surface area contributed by atoms with E-state index in [4.69, 9.17) is 11.5 Å². The van der Waals surface area contributed by atoms with E-state index in [0.717, 1.165) is 6.42 Å². The van der Waals surface area contributed by atoms with Gasteiger partial charge in [-0.3, -0.25) is 29.8 Å². The van der Waals surface area contributed by atoms with Crippen LogP contribution in [0, 0.1) is 10.1 Å². The van der Waals surface area contributed by atoms with Crippen LogP contribution in [0.2, 0.25) is 0 Å². The second kappa shape index (κ2) is 10.3. The summed E-state index contributed by atoms with van der Waals surface area (Å²) in [6.07, 6.45) is 1.82. The average molecular weight is 409 g/mol. The van der Waals surface area contributed by atoms with Gasteiger partial charge in [-0.05, 0) is 31.4 Å². The van der Waals surface area contributed by atoms with E-state index in [1.807, 2.05) is 0 Å². The molecule has 3 atom stereocenters. The van der Waals surface area contributed by atoms with Gasteiger partial charge in [-0.25, -0.2) is 5.06 Å². The summed E-state index contributed by atoms with van der Waals surface area (Å²) in [5.74, 6) is -1.71. The molecule has 6 N–H and O–H groups in total. The number of rotatable bonds is 10. The number of amides is 1. The van der Waals surface area contributed by atoms with Crippen molar-refractivity contribution in [1.82, 2.24) is 9.96 Å². The molecule has 1 saturated heterocycles. The molecule has 0 bridgehead atoms. The van der Waals surface area contributed by atoms with Crippen molar-refractivity contribution in [2.75, 3.05) is 13.1 Å². The van der Waals surface area contributed by atoms with E-state index in [-0.39, 0.29) is 25.2 Å². The van der Waals surface area contributed by atoms with Gasteiger partial charge in [-0.15, -0.1) is 0 Å². The van der Waals surface area contributed by atoms with Crippen molar-refractivity contribution in [3.8, 4) is 0 Å². The Morgan fingerprint density at radius 1 is 1.31 bits per heavy atom. The number of hydrogen-bond acceptors (Lipinski definition) is 8. The maximum atomic E-state index is 12.4. The Kier molecular flexibility index (Phi) is 8.02. The molecule has 1 heterocycles. The van der Waals surface area contributed by atoms with Crippen LogP contribution < -0.4 is 11.5 Å². The zero-order chi connectivity index (χ0) is 21.6. The minimum Gasteiger partial charge on any atom is -0.480 e. The quantitative estimate of drug-likeness (QED) is 0.183. The fraction of sp³-hybridized carbons (Fsp3) is 0.556. The van der Waals surface area contributed by atoms with Gasteiger partial charge in [0.1, 0.15) is 6.04 Å². The maximum Gasteiger partial charge on any atom is 0.321 e. The van der Waals surface area contributed by atoms with Gasteiger partial charge in [0.2, 0.25) is 0 Å². The van der Waals surface area contributed by atoms with Gasteiger partial charge in [-0.1, -0.05) is 18.6 Å². The van der Waals surface area contributed by atoms with Crippen LogP contribution in [-0.2, 0) is 16.1 Å². The summed E-state index contributed by atoms with van der Waals surface area (Å²) < 4.78 is 0. The fourth-order valence-electron chi connectivity index (χ4n) is 3.43. The third kappa shape index (κ3) is 5.94. The number of non-ortho nitro benzene ring substituents is 1. The predicted molar refractivity (Wildman–Crippen MR) is 103 cm³/mol. The van der Waals surface area contributed by atoms with Crippen LogP contribution in [0.25, 0.3) is 0 Å². The molecule has 29 heavy (non-hydrogen) atoms. The smallest absolute Gasteiger partial charge is 0.321 e. The van der Waals surface area contributed by atoms with Crippen LogP contribution in [0.15, 0.2) is 24.3 Å². The standard InChI is InChI=1S/C18H27N5O6/c19-8-2-1-3-15(20)17(24)22(27)14-9-16(18(25)26)21(11-14)10-12-4-6-13(7-5-12)23(28)29/h4-7,14-16,27H,1-3,8-11,19-20H2,(H,25,26)/t14-,15+,16+/m1/s1. The zero-order valence-electron chi connectivity index (χ0n) is 16.0. The summed E-state index contributed by atoms with van der Waals surface area (Å²) in [7, 11) is 0. The highest BCUT2D eigenvalue weighted by Gasteiger charge is 2.41. The lowest BCUT2D eigenvalue weighted by Gasteiger charge is -2.25. The van der Waals surface area contributed by atoms with Crippen LogP contribution in [-0.4, -0.2) is 68.3 Å². The summed E-state index contributed by atoms with van der Waals surface area (Å²) in [4.78, 5) is 35.9. The van der Waals surface area contributed by atoms with E-state index in [9.17, 15) is 30.0 Å². The zero-order valence-corrected chi connectivity index (χ0v) is 16.0. The van der Waals surface area contributed by atoms with Gasteiger partial charge in [0.25, 0.3) is 11.6 Å². The second-order valence-electron chi connectivity index (χ2n) is 7.17. The van der Waals surface area contributed by atoms with Gasteiger partial charge in [-0.2, -0.15) is 0 Å². The van der Waals surface area contributed by atoms with Crippen molar-refractivity contribution in [3.05, 3.63) is 39.9 Å². The van der Waals surface area contributed by atoms with E-state index >= 15 is 0 Å². The van der Waals surface area contributed by atoms with E-state index in [2.05, 4.69) is 0 Å². The molecule has 1 aromatic rings. The predicted octanol–water partition coefficient (Wildman–Crippen LogP) is 0.296. The van der Waals surface area contributed by atoms with Crippen molar-refractivity contribution < 1.29 is 24.8 Å². The molecule has 1 aliphatic rings. The molecule has 1 aromatic carbocycles. The van der Waals surface area contributed by atoms with Crippen LogP contribution in [0.1, 0.15) is 31.2 Å². The molecule has 11 nitrogen and oxygen atoms in total. The number of unbranched alkanes of at least 4 members (excludes halogenated alkanes) is 1. The number of nitrogens with zero attached hydrogens (tertiary/aromatic N) is 3. The molecule has 2 rings (SSSR count). The Morgan fingerprint density at radius 2 is 1.97 bits per heavy atom. The van der Waals surface area contributed by atoms with Crippen molar-refractivity contribution in [3.63, 3.8) is 0 Å². The number of carboxylic acid groups (broad SMARTS) is 1. The van der Waals surface area contributed by atoms with Crippen molar-refractivity contribution >= 4 is 17.6 Å². The molecule has 0 radical (unpaired) electrons. The molecule has 0 aromatic heterocycles. The molecule has 0 spiro atoms. The molecular formula is C18H27N5O6. The number of nitro groups is 1. The van der Waals surface area contributed by atoms with Crippen LogP contribution in [0.3, 0.4) is 0 Å². The molecule has 0 aliphatic carbocycles. The van der Waals surface area contributed by atoms with E-state index in [0.29, 0.717) is 30.0 Å². The number of carboxylic acids is 1. The highest BCUT2D eigenvalue weighted by molar-refractivity contribution is 5.81. The Bertz CT molecular complexity index is 728. The second-order valence-corrected chi connectivity index (χ2v) is 7.17. The molecule has 11 heteroatoms. The van der Waals surface area contributed by atoms with Crippen molar-refractivity contribution in [1.29, 1.82) is 0 Å². The maximum absolute atomic E-state index is 12.4. The summed E-state index contributed by atoms with van der Waals surface area (Å²) in [6.45, 7) is 0.853. The van der Waals surface area contributed by atoms with Crippen molar-refractivity contribution in [2.24, 2.45) is 11.5 Å². The minimum atomic E-state index is -1.07. The first-order chi connectivity index (χ1) is 13.7. The Balaban J connectivity index is 2.02. The average Bonchev–Trinajstić information content (AvgIpc) is 3.11. The Labute approximate surface area is 168 Å². The molecule has 0 unspecified atom stereocenters. The van der Waals surface area contributed by atoms with Crippen LogP contribution in [0.5, 0.6) is 0 Å². The summed E-state index contributed by atoms with van der Waals surface area (Å²) in [5.41, 5.74) is 11.9. The molecule has 1 amide bonds. The number of nitro benzene ring substituents is 1. The Morgan fingerprint density at radius 3 is 2.52 bits per heavy atom. The lowest BCUT2D eigenvalue weighted by Crippen LogP contribution is -2.47. The van der Waals surface area contributed by atoms with Crippen molar-refractivity contribution in [2.45, 2.75) is 50.4 Å². The number of benzene rings is 1. The van der Waals surface area contributed by atoms with Crippen LogP contribution in [0.4, 0.5) is 5.69 Å². The lowest BCUT2D eigenvalue weighted by atomic mass is 10.1. The summed E-state index contributed by atoms with van der Waals surface area (Å²) in [6, 6.07) is 3.33. The molecule has 160 valence electrons. The topological polar surface area (TPSA) is 176 Å². The molecule has 0 saturated carbocycles. The van der Waals surface area contributed by atoms with E-state index in [1.165, 1.54) is 12.1 Å². The molecule has 1 aliphatic heterocycles. The minimum absolute atomic E-state index is 0.0556. The number of likely N-dealkylation sites (tertiary alicyclic amines) is 1. The third-order valence-corrected chi connectivity index (χ3v) is 5.06. The Hall–Kier alpha value is -2.60. The molecule has 1 fully saturated rings. The number of hydroxylamine groups is 2. The van der Waals surface area contributed by atoms with Gasteiger partial charge in [0.05, 0.1) is 17.0 Å². The van der Waals surface area contributed by atoms with Gasteiger partial charge in [0, 0.05) is 25.2 Å². The SMILES string of the molecule is NCCCC[C@H](N)C(=O)N(O)[C@@H]1C[C@@H](C(=O)O)N(Cc2ccc([N+](=O)[O-])cc2)C1. The summed E-state index contributed by atoms with van der Waals surface area (Å²) >= 11 is 0. The number of carbonyl (C=O) groups is 2. The number of aliphatic carboxylic acids is 1. The first kappa shape index (κ1) is 22.7. The molecular weight excluding hydrogens is 382 g/mol. The fourth-order valence-corrected chi connectivity index (χ4v) is 3.43. The monoisotopic (exact) mass is 409 g/mol. The van der Waals surface area contributed by atoms with Crippen LogP contribution >= 0.6 is 0 Å². The third-order valence-electron chi connectivity index (χ3n) is 5.06. The number of hydrogen-bond donors (Lipinski definition) is 4. The van der Waals surface area contributed by atoms with Gasteiger partial charge < -0.3 is 16.6 Å². The number of nitrogens with two attached hydrogens (primary N) is 2. The van der Waals surface area contributed by atoms with Gasteiger partial charge >= 0.3 is 5.97 Å². The van der Waals surface area contributed by atoms with Gasteiger partial charge in [0.15, 0.2) is 0 Å². The normalized spacial score (nSPS) is 20.4.